The lowest BCUT2D eigenvalue weighted by atomic mass is 10.1. The van der Waals surface area contributed by atoms with Crippen molar-refractivity contribution in [2.45, 2.75) is 6.92 Å². The number of nitro benzene ring substituents is 1. The average molecular weight is 295 g/mol. The number of carbonyl (C=O) groups is 2. The Kier molecular flexibility index (Phi) is 5.79. The Bertz CT molecular complexity index is 559. The SMILES string of the molecule is CNCC(C)C(=O)Nc1cc(C(=O)OC)cc([N+](=O)[O-])c1. The van der Waals surface area contributed by atoms with Crippen LogP contribution in [-0.4, -0.2) is 37.5 Å². The third-order valence-electron chi connectivity index (χ3n) is 2.78. The van der Waals surface area contributed by atoms with Crippen LogP contribution in [0.25, 0.3) is 0 Å². The summed E-state index contributed by atoms with van der Waals surface area (Å²) in [7, 11) is 2.89. The summed E-state index contributed by atoms with van der Waals surface area (Å²) in [5.74, 6) is -1.34. The normalized spacial score (nSPS) is 11.6. The summed E-state index contributed by atoms with van der Waals surface area (Å²) >= 11 is 0. The van der Waals surface area contributed by atoms with Gasteiger partial charge in [0.2, 0.25) is 5.91 Å². The van der Waals surface area contributed by atoms with Crippen LogP contribution >= 0.6 is 0 Å². The second-order valence-electron chi connectivity index (χ2n) is 4.47. The molecule has 1 aromatic rings. The molecule has 1 unspecified atom stereocenters. The third kappa shape index (κ3) is 4.53. The number of rotatable bonds is 6. The first-order valence-corrected chi connectivity index (χ1v) is 6.22. The number of esters is 1. The molecule has 114 valence electrons. The van der Waals surface area contributed by atoms with Crippen molar-refractivity contribution in [3.8, 4) is 0 Å². The lowest BCUT2D eigenvalue weighted by Gasteiger charge is -2.12. The van der Waals surface area contributed by atoms with Crippen molar-refractivity contribution in [1.82, 2.24) is 5.32 Å². The zero-order chi connectivity index (χ0) is 16.0. The fraction of sp³-hybridized carbons (Fsp3) is 0.385. The number of carbonyl (C=O) groups excluding carboxylic acids is 2. The molecule has 0 aromatic heterocycles. The Morgan fingerprint density at radius 1 is 1.38 bits per heavy atom. The molecule has 0 saturated heterocycles. The molecule has 8 heteroatoms. The number of non-ortho nitro benzene ring substituents is 1. The molecule has 0 aliphatic carbocycles. The van der Waals surface area contributed by atoms with Crippen molar-refractivity contribution >= 4 is 23.3 Å². The summed E-state index contributed by atoms with van der Waals surface area (Å²) in [5, 5.41) is 16.3. The van der Waals surface area contributed by atoms with Crippen LogP contribution in [0, 0.1) is 16.0 Å². The molecule has 0 fully saturated rings. The summed E-state index contributed by atoms with van der Waals surface area (Å²) in [6, 6.07) is 3.62. The van der Waals surface area contributed by atoms with Crippen LogP contribution in [0.5, 0.6) is 0 Å². The van der Waals surface area contributed by atoms with E-state index in [2.05, 4.69) is 15.4 Å². The number of hydrogen-bond acceptors (Lipinski definition) is 6. The molecule has 0 saturated carbocycles. The topological polar surface area (TPSA) is 111 Å². The molecule has 0 heterocycles. The molecule has 0 spiro atoms. The van der Waals surface area contributed by atoms with Crippen molar-refractivity contribution in [1.29, 1.82) is 0 Å². The van der Waals surface area contributed by atoms with E-state index in [-0.39, 0.29) is 28.8 Å². The van der Waals surface area contributed by atoms with Crippen molar-refractivity contribution in [3.05, 3.63) is 33.9 Å². The molecule has 0 aliphatic rings. The zero-order valence-electron chi connectivity index (χ0n) is 12.0. The van der Waals surface area contributed by atoms with Crippen molar-refractivity contribution < 1.29 is 19.2 Å². The van der Waals surface area contributed by atoms with E-state index in [9.17, 15) is 19.7 Å². The Balaban J connectivity index is 3.06. The summed E-state index contributed by atoms with van der Waals surface area (Å²) in [6.07, 6.45) is 0. The van der Waals surface area contributed by atoms with Gasteiger partial charge in [-0.1, -0.05) is 6.92 Å². The number of amides is 1. The maximum atomic E-state index is 11.9. The minimum atomic E-state index is -0.711. The quantitative estimate of drug-likeness (QED) is 0.463. The molecule has 0 aliphatic heterocycles. The summed E-state index contributed by atoms with van der Waals surface area (Å²) < 4.78 is 4.53. The largest absolute Gasteiger partial charge is 0.465 e. The second-order valence-corrected chi connectivity index (χ2v) is 4.47. The van der Waals surface area contributed by atoms with Gasteiger partial charge in [0.1, 0.15) is 0 Å². The molecule has 1 amide bonds. The Labute approximate surface area is 121 Å². The van der Waals surface area contributed by atoms with Crippen molar-refractivity contribution in [2.24, 2.45) is 5.92 Å². The van der Waals surface area contributed by atoms with Gasteiger partial charge < -0.3 is 15.4 Å². The predicted octanol–water partition coefficient (Wildman–Crippen LogP) is 1.18. The van der Waals surface area contributed by atoms with Gasteiger partial charge in [0, 0.05) is 30.3 Å². The maximum Gasteiger partial charge on any atom is 0.338 e. The number of nitrogens with one attached hydrogen (secondary N) is 2. The lowest BCUT2D eigenvalue weighted by molar-refractivity contribution is -0.384. The van der Waals surface area contributed by atoms with E-state index in [0.717, 1.165) is 6.07 Å². The standard InChI is InChI=1S/C13H17N3O5/c1-8(7-14-2)12(17)15-10-4-9(13(18)21-3)5-11(6-10)16(19)20/h4-6,8,14H,7H2,1-3H3,(H,15,17). The first-order chi connectivity index (χ1) is 9.88. The minimum absolute atomic E-state index is 0.00303. The van der Waals surface area contributed by atoms with Gasteiger partial charge in [-0.25, -0.2) is 4.79 Å². The summed E-state index contributed by atoms with van der Waals surface area (Å²) in [6.45, 7) is 2.18. The van der Waals surface area contributed by atoms with E-state index in [0.29, 0.717) is 6.54 Å². The van der Waals surface area contributed by atoms with Gasteiger partial charge in [-0.3, -0.25) is 14.9 Å². The number of nitro groups is 1. The van der Waals surface area contributed by atoms with E-state index in [4.69, 9.17) is 0 Å². The fourth-order valence-electron chi connectivity index (χ4n) is 1.69. The predicted molar refractivity (Wildman–Crippen MR) is 76.2 cm³/mol. The summed E-state index contributed by atoms with van der Waals surface area (Å²) in [5.41, 5.74) is -0.115. The molecular weight excluding hydrogens is 278 g/mol. The van der Waals surface area contributed by atoms with Crippen LogP contribution in [0.4, 0.5) is 11.4 Å². The maximum absolute atomic E-state index is 11.9. The zero-order valence-corrected chi connectivity index (χ0v) is 12.0. The van der Waals surface area contributed by atoms with Gasteiger partial charge >= 0.3 is 5.97 Å². The van der Waals surface area contributed by atoms with Crippen LogP contribution < -0.4 is 10.6 Å². The molecule has 2 N–H and O–H groups in total. The lowest BCUT2D eigenvalue weighted by Crippen LogP contribution is -2.28. The van der Waals surface area contributed by atoms with Crippen LogP contribution in [0.3, 0.4) is 0 Å². The number of benzene rings is 1. The highest BCUT2D eigenvalue weighted by Gasteiger charge is 2.18. The van der Waals surface area contributed by atoms with Gasteiger partial charge in [0.05, 0.1) is 17.6 Å². The molecule has 0 bridgehead atoms. The molecular formula is C13H17N3O5. The number of nitrogens with zero attached hydrogens (tertiary/aromatic N) is 1. The monoisotopic (exact) mass is 295 g/mol. The highest BCUT2D eigenvalue weighted by Crippen LogP contribution is 2.22. The Morgan fingerprint density at radius 2 is 2.05 bits per heavy atom. The average Bonchev–Trinajstić information content (AvgIpc) is 2.46. The molecule has 0 radical (unpaired) electrons. The van der Waals surface area contributed by atoms with Gasteiger partial charge in [0.25, 0.3) is 5.69 Å². The van der Waals surface area contributed by atoms with E-state index in [1.807, 2.05) is 0 Å². The summed E-state index contributed by atoms with van der Waals surface area (Å²) in [4.78, 5) is 33.6. The van der Waals surface area contributed by atoms with Crippen molar-refractivity contribution in [3.63, 3.8) is 0 Å². The molecule has 1 aromatic carbocycles. The van der Waals surface area contributed by atoms with Crippen LogP contribution in [0.1, 0.15) is 17.3 Å². The van der Waals surface area contributed by atoms with Crippen LogP contribution in [0.15, 0.2) is 18.2 Å². The molecule has 21 heavy (non-hydrogen) atoms. The van der Waals surface area contributed by atoms with Crippen molar-refractivity contribution in [2.75, 3.05) is 26.0 Å². The Hall–Kier alpha value is -2.48. The first-order valence-electron chi connectivity index (χ1n) is 6.22. The highest BCUT2D eigenvalue weighted by molar-refractivity contribution is 5.96. The van der Waals surface area contributed by atoms with E-state index < -0.39 is 10.9 Å². The third-order valence-corrected chi connectivity index (χ3v) is 2.78. The number of methoxy groups -OCH3 is 1. The first kappa shape index (κ1) is 16.6. The van der Waals surface area contributed by atoms with Crippen LogP contribution in [-0.2, 0) is 9.53 Å². The molecule has 1 atom stereocenters. The van der Waals surface area contributed by atoms with Gasteiger partial charge in [0.15, 0.2) is 0 Å². The molecule has 1 rings (SSSR count). The fourth-order valence-corrected chi connectivity index (χ4v) is 1.69. The minimum Gasteiger partial charge on any atom is -0.465 e. The molecule has 8 nitrogen and oxygen atoms in total. The Morgan fingerprint density at radius 3 is 2.57 bits per heavy atom. The smallest absolute Gasteiger partial charge is 0.338 e. The number of ether oxygens (including phenoxy) is 1. The van der Waals surface area contributed by atoms with E-state index >= 15 is 0 Å². The van der Waals surface area contributed by atoms with Gasteiger partial charge in [-0.2, -0.15) is 0 Å². The second kappa shape index (κ2) is 7.34. The number of anilines is 1. The van der Waals surface area contributed by atoms with E-state index in [1.165, 1.54) is 19.2 Å². The van der Waals surface area contributed by atoms with Gasteiger partial charge in [-0.05, 0) is 13.1 Å². The van der Waals surface area contributed by atoms with Crippen LogP contribution in [0.2, 0.25) is 0 Å². The number of hydrogen-bond donors (Lipinski definition) is 2. The van der Waals surface area contributed by atoms with Gasteiger partial charge in [-0.15, -0.1) is 0 Å². The highest BCUT2D eigenvalue weighted by atomic mass is 16.6. The van der Waals surface area contributed by atoms with E-state index in [1.54, 1.807) is 14.0 Å².